The van der Waals surface area contributed by atoms with Crippen molar-refractivity contribution in [2.75, 3.05) is 0 Å². The molecule has 0 spiro atoms. The van der Waals surface area contributed by atoms with E-state index in [1.54, 1.807) is 48.5 Å². The predicted molar refractivity (Wildman–Crippen MR) is 69.5 cm³/mol. The maximum absolute atomic E-state index is 12.0. The van der Waals surface area contributed by atoms with Crippen molar-refractivity contribution in [2.45, 2.75) is 11.0 Å². The molecule has 0 fully saturated rings. The van der Waals surface area contributed by atoms with Crippen molar-refractivity contribution in [3.63, 3.8) is 0 Å². The Kier molecular flexibility index (Phi) is 3.95. The number of hydrogen-bond acceptors (Lipinski definition) is 4. The van der Waals surface area contributed by atoms with Gasteiger partial charge >= 0.3 is 0 Å². The van der Waals surface area contributed by atoms with Crippen molar-refractivity contribution >= 4 is 10.1 Å². The third-order valence-electron chi connectivity index (χ3n) is 2.47. The first-order valence-corrected chi connectivity index (χ1v) is 6.97. The molecule has 0 heterocycles. The second kappa shape index (κ2) is 5.65. The van der Waals surface area contributed by atoms with Crippen LogP contribution in [0.1, 0.15) is 11.7 Å². The van der Waals surface area contributed by atoms with Gasteiger partial charge in [-0.15, -0.1) is 0 Å². The fourth-order valence-electron chi connectivity index (χ4n) is 1.55. The lowest BCUT2D eigenvalue weighted by atomic mass is 10.1. The van der Waals surface area contributed by atoms with Crippen LogP contribution in [0, 0.1) is 11.3 Å². The maximum atomic E-state index is 12.0. The molecule has 0 radical (unpaired) electrons. The molecule has 2 aromatic rings. The fraction of sp³-hybridized carbons (Fsp3) is 0.0714. The summed E-state index contributed by atoms with van der Waals surface area (Å²) in [6, 6.07) is 18.1. The first-order valence-electron chi connectivity index (χ1n) is 5.56. The Morgan fingerprint density at radius 2 is 1.47 bits per heavy atom. The molecular weight excluding hydrogens is 262 g/mol. The van der Waals surface area contributed by atoms with Crippen molar-refractivity contribution in [3.05, 3.63) is 66.2 Å². The van der Waals surface area contributed by atoms with Gasteiger partial charge in [-0.05, 0) is 17.7 Å². The van der Waals surface area contributed by atoms with Gasteiger partial charge in [0.05, 0.1) is 4.90 Å². The summed E-state index contributed by atoms with van der Waals surface area (Å²) in [6.45, 7) is 0. The molecule has 1 atom stereocenters. The van der Waals surface area contributed by atoms with Crippen molar-refractivity contribution in [2.24, 2.45) is 0 Å². The lowest BCUT2D eigenvalue weighted by Gasteiger charge is -2.11. The van der Waals surface area contributed by atoms with Gasteiger partial charge in [-0.2, -0.15) is 13.7 Å². The van der Waals surface area contributed by atoms with E-state index in [4.69, 9.17) is 9.44 Å². The average Bonchev–Trinajstić information content (AvgIpc) is 2.47. The highest BCUT2D eigenvalue weighted by Gasteiger charge is 2.22. The standard InChI is InChI=1S/C14H11NO3S/c15-11-14(12-7-3-1-4-8-12)18-19(16,17)13-9-5-2-6-10-13/h1-10,14H/t14-/m0/s1. The van der Waals surface area contributed by atoms with Crippen LogP contribution in [0.4, 0.5) is 0 Å². The van der Waals surface area contributed by atoms with Gasteiger partial charge in [-0.1, -0.05) is 48.5 Å². The molecule has 0 saturated heterocycles. The fourth-order valence-corrected chi connectivity index (χ4v) is 2.56. The van der Waals surface area contributed by atoms with Gasteiger partial charge in [-0.25, -0.2) is 4.18 Å². The number of benzene rings is 2. The molecule has 0 saturated carbocycles. The van der Waals surface area contributed by atoms with Gasteiger partial charge in [0.1, 0.15) is 6.07 Å². The summed E-state index contributed by atoms with van der Waals surface area (Å²) in [5, 5.41) is 9.05. The summed E-state index contributed by atoms with van der Waals surface area (Å²) in [5.74, 6) is 0. The predicted octanol–water partition coefficient (Wildman–Crippen LogP) is 2.66. The molecule has 0 aliphatic heterocycles. The second-order valence-corrected chi connectivity index (χ2v) is 5.36. The Morgan fingerprint density at radius 3 is 2.00 bits per heavy atom. The summed E-state index contributed by atoms with van der Waals surface area (Å²) in [6.07, 6.45) is -1.15. The molecular formula is C14H11NO3S. The number of hydrogen-bond donors (Lipinski definition) is 0. The third-order valence-corrected chi connectivity index (χ3v) is 3.77. The first kappa shape index (κ1) is 13.3. The zero-order valence-corrected chi connectivity index (χ0v) is 10.7. The number of nitrogens with zero attached hydrogens (tertiary/aromatic N) is 1. The normalized spacial score (nSPS) is 12.6. The van der Waals surface area contributed by atoms with E-state index >= 15 is 0 Å². The molecule has 0 N–H and O–H groups in total. The highest BCUT2D eigenvalue weighted by molar-refractivity contribution is 7.86. The van der Waals surface area contributed by atoms with Crippen LogP contribution >= 0.6 is 0 Å². The topological polar surface area (TPSA) is 67.2 Å². The molecule has 2 aromatic carbocycles. The van der Waals surface area contributed by atoms with Crippen LogP contribution in [-0.2, 0) is 14.3 Å². The van der Waals surface area contributed by atoms with Crippen molar-refractivity contribution < 1.29 is 12.6 Å². The van der Waals surface area contributed by atoms with Gasteiger partial charge in [0.25, 0.3) is 10.1 Å². The van der Waals surface area contributed by atoms with E-state index in [1.807, 2.05) is 6.07 Å². The second-order valence-electron chi connectivity index (χ2n) is 3.78. The van der Waals surface area contributed by atoms with E-state index < -0.39 is 16.2 Å². The van der Waals surface area contributed by atoms with Crippen LogP contribution in [-0.4, -0.2) is 8.42 Å². The molecule has 0 unspecified atom stereocenters. The van der Waals surface area contributed by atoms with Gasteiger partial charge < -0.3 is 0 Å². The minimum atomic E-state index is -3.94. The van der Waals surface area contributed by atoms with Crippen LogP contribution in [0.15, 0.2) is 65.6 Å². The minimum absolute atomic E-state index is 0.0335. The molecule has 0 amide bonds. The van der Waals surface area contributed by atoms with Crippen LogP contribution < -0.4 is 0 Å². The van der Waals surface area contributed by atoms with Crippen molar-refractivity contribution in [1.82, 2.24) is 0 Å². The Hall–Kier alpha value is -2.16. The third kappa shape index (κ3) is 3.19. The summed E-state index contributed by atoms with van der Waals surface area (Å²) in [7, 11) is -3.94. The molecule has 19 heavy (non-hydrogen) atoms. The summed E-state index contributed by atoms with van der Waals surface area (Å²) in [4.78, 5) is 0.0335. The smallest absolute Gasteiger partial charge is 0.243 e. The molecule has 5 heteroatoms. The maximum Gasteiger partial charge on any atom is 0.298 e. The molecule has 0 aromatic heterocycles. The van der Waals surface area contributed by atoms with Crippen LogP contribution in [0.2, 0.25) is 0 Å². The summed E-state index contributed by atoms with van der Waals surface area (Å²) in [5.41, 5.74) is 0.504. The Morgan fingerprint density at radius 1 is 0.947 bits per heavy atom. The van der Waals surface area contributed by atoms with E-state index in [2.05, 4.69) is 0 Å². The minimum Gasteiger partial charge on any atom is -0.243 e. The van der Waals surface area contributed by atoms with Gasteiger partial charge in [0.15, 0.2) is 6.10 Å². The quantitative estimate of drug-likeness (QED) is 0.803. The Balaban J connectivity index is 2.28. The lowest BCUT2D eigenvalue weighted by Crippen LogP contribution is -2.11. The van der Waals surface area contributed by atoms with E-state index in [0.29, 0.717) is 5.56 Å². The van der Waals surface area contributed by atoms with E-state index in [-0.39, 0.29) is 4.90 Å². The highest BCUT2D eigenvalue weighted by atomic mass is 32.2. The SMILES string of the molecule is N#C[C@H](OS(=O)(=O)c1ccccc1)c1ccccc1. The number of rotatable bonds is 4. The van der Waals surface area contributed by atoms with E-state index in [0.717, 1.165) is 0 Å². The van der Waals surface area contributed by atoms with E-state index in [1.165, 1.54) is 12.1 Å². The summed E-state index contributed by atoms with van der Waals surface area (Å²) >= 11 is 0. The monoisotopic (exact) mass is 273 g/mol. The zero-order chi connectivity index (χ0) is 13.7. The molecule has 96 valence electrons. The van der Waals surface area contributed by atoms with Crippen LogP contribution in [0.5, 0.6) is 0 Å². The largest absolute Gasteiger partial charge is 0.298 e. The molecule has 4 nitrogen and oxygen atoms in total. The zero-order valence-electron chi connectivity index (χ0n) is 9.93. The molecule has 2 rings (SSSR count). The average molecular weight is 273 g/mol. The highest BCUT2D eigenvalue weighted by Crippen LogP contribution is 2.22. The lowest BCUT2D eigenvalue weighted by molar-refractivity contribution is 0.268. The number of nitriles is 1. The van der Waals surface area contributed by atoms with E-state index in [9.17, 15) is 8.42 Å². The Bertz CT molecular complexity index is 676. The Labute approximate surface area is 112 Å². The summed E-state index contributed by atoms with van der Waals surface area (Å²) < 4.78 is 29.0. The molecule has 0 aliphatic rings. The van der Waals surface area contributed by atoms with Gasteiger partial charge in [0, 0.05) is 0 Å². The van der Waals surface area contributed by atoms with Crippen LogP contribution in [0.25, 0.3) is 0 Å². The molecule has 0 aliphatic carbocycles. The van der Waals surface area contributed by atoms with Gasteiger partial charge in [0.2, 0.25) is 0 Å². The van der Waals surface area contributed by atoms with Crippen LogP contribution in [0.3, 0.4) is 0 Å². The first-order chi connectivity index (χ1) is 9.13. The van der Waals surface area contributed by atoms with Gasteiger partial charge in [-0.3, -0.25) is 0 Å². The van der Waals surface area contributed by atoms with Crippen molar-refractivity contribution in [1.29, 1.82) is 5.26 Å². The molecule has 0 bridgehead atoms. The van der Waals surface area contributed by atoms with Crippen molar-refractivity contribution in [3.8, 4) is 6.07 Å².